The zero-order valence-electron chi connectivity index (χ0n) is 15.3. The number of hydrogen-bond acceptors (Lipinski definition) is 0. The molecule has 0 aromatic heterocycles. The fourth-order valence-electron chi connectivity index (χ4n) is 3.72. The highest BCUT2D eigenvalue weighted by atomic mass is 14.3. The smallest absolute Gasteiger partial charge is 0.0126 e. The molecule has 0 heterocycles. The molecule has 0 fully saturated rings. The molecule has 0 heteroatoms. The molecule has 2 aliphatic carbocycles. The van der Waals surface area contributed by atoms with E-state index in [-0.39, 0.29) is 7.43 Å². The second kappa shape index (κ2) is 6.77. The van der Waals surface area contributed by atoms with Crippen LogP contribution in [-0.2, 0) is 31.1 Å². The lowest BCUT2D eigenvalue weighted by atomic mass is 9.78. The van der Waals surface area contributed by atoms with E-state index in [0.29, 0.717) is 10.8 Å². The van der Waals surface area contributed by atoms with Crippen molar-refractivity contribution >= 4 is 0 Å². The van der Waals surface area contributed by atoms with Crippen molar-refractivity contribution in [3.63, 3.8) is 0 Å². The van der Waals surface area contributed by atoms with Crippen molar-refractivity contribution in [3.05, 3.63) is 33.9 Å². The normalized spacial score (nSPS) is 16.3. The molecule has 1 aromatic carbocycles. The van der Waals surface area contributed by atoms with E-state index in [1.807, 2.05) is 0 Å². The summed E-state index contributed by atoms with van der Waals surface area (Å²) in [5.41, 5.74) is 9.33. The van der Waals surface area contributed by atoms with Crippen molar-refractivity contribution in [3.8, 4) is 0 Å². The summed E-state index contributed by atoms with van der Waals surface area (Å²) in [5, 5.41) is 0. The lowest BCUT2D eigenvalue weighted by Gasteiger charge is -2.27. The average molecular weight is 303 g/mol. The molecule has 0 amide bonds. The lowest BCUT2D eigenvalue weighted by molar-refractivity contribution is 0.469. The summed E-state index contributed by atoms with van der Waals surface area (Å²) in [5.74, 6) is 0. The summed E-state index contributed by atoms with van der Waals surface area (Å²) in [6.45, 7) is 15.9. The van der Waals surface area contributed by atoms with Crippen LogP contribution < -0.4 is 0 Å². The van der Waals surface area contributed by atoms with Gasteiger partial charge in [0.25, 0.3) is 0 Å². The second-order valence-electron chi connectivity index (χ2n) is 9.48. The van der Waals surface area contributed by atoms with E-state index in [0.717, 1.165) is 0 Å². The highest BCUT2D eigenvalue weighted by molar-refractivity contribution is 5.52. The molecule has 0 atom stereocenters. The van der Waals surface area contributed by atoms with E-state index in [2.05, 4.69) is 54.5 Å². The van der Waals surface area contributed by atoms with Crippen LogP contribution in [0, 0.1) is 5.41 Å². The van der Waals surface area contributed by atoms with Crippen LogP contribution in [0.15, 0.2) is 6.07 Å². The van der Waals surface area contributed by atoms with Gasteiger partial charge in [-0.2, -0.15) is 0 Å². The number of hydrogen-bond donors (Lipinski definition) is 0. The number of fused-ring (bicyclic) bond motifs is 2. The summed E-state index contributed by atoms with van der Waals surface area (Å²) in [4.78, 5) is 0. The molecule has 0 saturated carbocycles. The first-order valence-electron chi connectivity index (χ1n) is 8.74. The third-order valence-corrected chi connectivity index (χ3v) is 4.22. The predicted molar refractivity (Wildman–Crippen MR) is 101 cm³/mol. The van der Waals surface area contributed by atoms with Crippen LogP contribution in [0.25, 0.3) is 0 Å². The topological polar surface area (TPSA) is 0 Å². The Morgan fingerprint density at radius 2 is 1.05 bits per heavy atom. The number of rotatable bonds is 0. The molecule has 3 rings (SSSR count). The molecule has 126 valence electrons. The van der Waals surface area contributed by atoms with Gasteiger partial charge in [-0.25, -0.2) is 0 Å². The van der Waals surface area contributed by atoms with Gasteiger partial charge in [-0.05, 0) is 77.2 Å². The molecule has 0 saturated heterocycles. The largest absolute Gasteiger partial charge is 0.0776 e. The minimum absolute atomic E-state index is 0. The predicted octanol–water partition coefficient (Wildman–Crippen LogP) is 6.65. The van der Waals surface area contributed by atoms with Crippen molar-refractivity contribution in [2.45, 2.75) is 99.8 Å². The molecule has 0 nitrogen and oxygen atoms in total. The standard InChI is InChI=1S/C16H22.C5H12.CH4/c1-16(2,3)15-13-8-4-6-11(13)10-12-7-5-9-14(12)15;1-5(2,3)4;/h10H,4-9H2,1-3H3;1-4H3;1H4. The first-order valence-corrected chi connectivity index (χ1v) is 8.74. The monoisotopic (exact) mass is 302 g/mol. The van der Waals surface area contributed by atoms with Crippen molar-refractivity contribution in [2.75, 3.05) is 0 Å². The molecule has 0 unspecified atom stereocenters. The summed E-state index contributed by atoms with van der Waals surface area (Å²) >= 11 is 0. The quantitative estimate of drug-likeness (QED) is 0.503. The lowest BCUT2D eigenvalue weighted by Crippen LogP contribution is -2.17. The molecule has 0 bridgehead atoms. The van der Waals surface area contributed by atoms with Crippen LogP contribution in [-0.4, -0.2) is 0 Å². The second-order valence-corrected chi connectivity index (χ2v) is 9.48. The molecular formula is C22H38. The zero-order chi connectivity index (χ0) is 15.8. The third kappa shape index (κ3) is 4.61. The van der Waals surface area contributed by atoms with Gasteiger partial charge in [-0.1, -0.05) is 62.0 Å². The Kier molecular flexibility index (Phi) is 5.93. The first kappa shape index (κ1) is 19.3. The van der Waals surface area contributed by atoms with Crippen LogP contribution in [0.5, 0.6) is 0 Å². The number of benzene rings is 1. The Morgan fingerprint density at radius 1 is 0.682 bits per heavy atom. The van der Waals surface area contributed by atoms with E-state index in [4.69, 9.17) is 0 Å². The highest BCUT2D eigenvalue weighted by Gasteiger charge is 2.29. The van der Waals surface area contributed by atoms with Gasteiger partial charge in [0.05, 0.1) is 0 Å². The molecule has 1 aromatic rings. The van der Waals surface area contributed by atoms with Gasteiger partial charge in [0.15, 0.2) is 0 Å². The van der Waals surface area contributed by atoms with E-state index >= 15 is 0 Å². The van der Waals surface area contributed by atoms with Gasteiger partial charge in [0, 0.05) is 0 Å². The number of aryl methyl sites for hydroxylation is 2. The Hall–Kier alpha value is -0.780. The van der Waals surface area contributed by atoms with E-state index < -0.39 is 0 Å². The maximum Gasteiger partial charge on any atom is -0.0126 e. The van der Waals surface area contributed by atoms with Crippen molar-refractivity contribution in [2.24, 2.45) is 5.41 Å². The highest BCUT2D eigenvalue weighted by Crippen LogP contribution is 2.40. The zero-order valence-corrected chi connectivity index (χ0v) is 15.3. The Morgan fingerprint density at radius 3 is 1.36 bits per heavy atom. The maximum atomic E-state index is 2.53. The van der Waals surface area contributed by atoms with Crippen molar-refractivity contribution in [1.82, 2.24) is 0 Å². The summed E-state index contributed by atoms with van der Waals surface area (Å²) in [6, 6.07) is 2.53. The van der Waals surface area contributed by atoms with Crippen LogP contribution >= 0.6 is 0 Å². The molecule has 2 aliphatic rings. The van der Waals surface area contributed by atoms with E-state index in [1.54, 1.807) is 27.8 Å². The summed E-state index contributed by atoms with van der Waals surface area (Å²) < 4.78 is 0. The summed E-state index contributed by atoms with van der Waals surface area (Å²) in [6.07, 6.45) is 8.06. The summed E-state index contributed by atoms with van der Waals surface area (Å²) in [7, 11) is 0. The molecule has 0 spiro atoms. The van der Waals surface area contributed by atoms with Gasteiger partial charge in [-0.15, -0.1) is 0 Å². The van der Waals surface area contributed by atoms with Crippen LogP contribution in [0.1, 0.15) is 96.6 Å². The first-order chi connectivity index (χ1) is 9.57. The van der Waals surface area contributed by atoms with Crippen LogP contribution in [0.4, 0.5) is 0 Å². The maximum absolute atomic E-state index is 2.53. The van der Waals surface area contributed by atoms with Gasteiger partial charge < -0.3 is 0 Å². The Bertz CT molecular complexity index is 468. The molecule has 22 heavy (non-hydrogen) atoms. The average Bonchev–Trinajstić information content (AvgIpc) is 2.87. The minimum atomic E-state index is 0. The fourth-order valence-corrected chi connectivity index (χ4v) is 3.72. The van der Waals surface area contributed by atoms with Crippen LogP contribution in [0.3, 0.4) is 0 Å². The van der Waals surface area contributed by atoms with Crippen LogP contribution in [0.2, 0.25) is 0 Å². The van der Waals surface area contributed by atoms with Crippen molar-refractivity contribution < 1.29 is 0 Å². The van der Waals surface area contributed by atoms with Gasteiger partial charge >= 0.3 is 0 Å². The van der Waals surface area contributed by atoms with Gasteiger partial charge in [-0.3, -0.25) is 0 Å². The fraction of sp³-hybridized carbons (Fsp3) is 0.727. The third-order valence-electron chi connectivity index (χ3n) is 4.22. The van der Waals surface area contributed by atoms with Crippen molar-refractivity contribution in [1.29, 1.82) is 0 Å². The molecule has 0 radical (unpaired) electrons. The molecule has 0 aliphatic heterocycles. The van der Waals surface area contributed by atoms with Gasteiger partial charge in [0.1, 0.15) is 0 Å². The van der Waals surface area contributed by atoms with E-state index in [9.17, 15) is 0 Å². The molecule has 0 N–H and O–H groups in total. The van der Waals surface area contributed by atoms with Gasteiger partial charge in [0.2, 0.25) is 0 Å². The Balaban J connectivity index is 0.000000356. The molecular weight excluding hydrogens is 264 g/mol. The van der Waals surface area contributed by atoms with E-state index in [1.165, 1.54) is 38.5 Å². The SMILES string of the molecule is C.CC(C)(C)C.CC(C)(C)c1c2c(cc3c1CCC3)CCC2. The minimum Gasteiger partial charge on any atom is -0.0776 e. The Labute approximate surface area is 139 Å².